The Morgan fingerprint density at radius 2 is 2.12 bits per heavy atom. The summed E-state index contributed by atoms with van der Waals surface area (Å²) in [4.78, 5) is 14.4. The molecule has 1 aliphatic heterocycles. The number of amides is 1. The first-order chi connectivity index (χ1) is 7.89. The number of ether oxygens (including phenoxy) is 1. The van der Waals surface area contributed by atoms with Gasteiger partial charge < -0.3 is 15.4 Å². The lowest BCUT2D eigenvalue weighted by Gasteiger charge is -2.42. The van der Waals surface area contributed by atoms with E-state index in [2.05, 4.69) is 0 Å². The van der Waals surface area contributed by atoms with Crippen LogP contribution in [0.15, 0.2) is 0 Å². The maximum absolute atomic E-state index is 12.4. The fourth-order valence-electron chi connectivity index (χ4n) is 3.15. The fraction of sp³-hybridized carbons (Fsp3) is 0.923. The Bertz CT molecular complexity index is 304. The van der Waals surface area contributed by atoms with Crippen molar-refractivity contribution in [1.29, 1.82) is 0 Å². The average molecular weight is 240 g/mol. The van der Waals surface area contributed by atoms with E-state index in [0.29, 0.717) is 13.1 Å². The lowest BCUT2D eigenvalue weighted by Crippen LogP contribution is -2.56. The van der Waals surface area contributed by atoms with Gasteiger partial charge in [0.1, 0.15) is 0 Å². The quantitative estimate of drug-likeness (QED) is 0.748. The Morgan fingerprint density at radius 3 is 2.65 bits per heavy atom. The van der Waals surface area contributed by atoms with Gasteiger partial charge >= 0.3 is 0 Å². The highest BCUT2D eigenvalue weighted by Crippen LogP contribution is 2.28. The molecule has 98 valence electrons. The van der Waals surface area contributed by atoms with Crippen LogP contribution in [0, 0.1) is 5.92 Å². The number of carbonyl (C=O) groups excluding carboxylic acids is 1. The Morgan fingerprint density at radius 1 is 1.41 bits per heavy atom. The highest BCUT2D eigenvalue weighted by atomic mass is 16.5. The van der Waals surface area contributed by atoms with Crippen molar-refractivity contribution in [1.82, 2.24) is 4.90 Å². The first-order valence-electron chi connectivity index (χ1n) is 6.61. The minimum Gasteiger partial charge on any atom is -0.369 e. The lowest BCUT2D eigenvalue weighted by atomic mass is 9.99. The molecule has 1 heterocycles. The maximum Gasteiger partial charge on any atom is 0.227 e. The molecule has 4 nitrogen and oxygen atoms in total. The average Bonchev–Trinajstić information content (AvgIpc) is 2.60. The zero-order chi connectivity index (χ0) is 12.6. The SMILES string of the molecule is C[C@@H]1CN(C(=O)[C@@H]2CCC[C@@H]2N)CC(C)(C)O1. The molecule has 0 radical (unpaired) electrons. The number of hydrogen-bond donors (Lipinski definition) is 1. The predicted octanol–water partition coefficient (Wildman–Crippen LogP) is 1.14. The van der Waals surface area contributed by atoms with Gasteiger partial charge in [-0.2, -0.15) is 0 Å². The van der Waals surface area contributed by atoms with Crippen molar-refractivity contribution in [3.8, 4) is 0 Å². The van der Waals surface area contributed by atoms with E-state index in [0.717, 1.165) is 19.3 Å². The molecule has 2 N–H and O–H groups in total. The van der Waals surface area contributed by atoms with Crippen LogP contribution in [-0.2, 0) is 9.53 Å². The minimum absolute atomic E-state index is 0.0381. The number of rotatable bonds is 1. The van der Waals surface area contributed by atoms with Crippen LogP contribution in [0.25, 0.3) is 0 Å². The molecule has 0 aromatic carbocycles. The Kier molecular flexibility index (Phi) is 3.46. The molecule has 17 heavy (non-hydrogen) atoms. The van der Waals surface area contributed by atoms with Gasteiger partial charge in [0.2, 0.25) is 5.91 Å². The van der Waals surface area contributed by atoms with E-state index in [9.17, 15) is 4.79 Å². The summed E-state index contributed by atoms with van der Waals surface area (Å²) in [5.41, 5.74) is 5.77. The highest BCUT2D eigenvalue weighted by Gasteiger charge is 2.39. The molecule has 2 aliphatic rings. The molecule has 4 heteroatoms. The second-order valence-corrected chi connectivity index (χ2v) is 6.11. The number of hydrogen-bond acceptors (Lipinski definition) is 3. The number of carbonyl (C=O) groups is 1. The van der Waals surface area contributed by atoms with Gasteiger partial charge in [0, 0.05) is 19.1 Å². The smallest absolute Gasteiger partial charge is 0.227 e. The second kappa shape index (κ2) is 4.58. The number of nitrogens with zero attached hydrogens (tertiary/aromatic N) is 1. The molecular formula is C13H24N2O2. The largest absolute Gasteiger partial charge is 0.369 e. The summed E-state index contributed by atoms with van der Waals surface area (Å²) >= 11 is 0. The van der Waals surface area contributed by atoms with Crippen molar-refractivity contribution in [2.24, 2.45) is 11.7 Å². The first kappa shape index (κ1) is 12.8. The molecule has 0 bridgehead atoms. The summed E-state index contributed by atoms with van der Waals surface area (Å²) in [5.74, 6) is 0.273. The van der Waals surface area contributed by atoms with Crippen LogP contribution in [0.3, 0.4) is 0 Å². The highest BCUT2D eigenvalue weighted by molar-refractivity contribution is 5.80. The molecule has 0 aromatic heterocycles. The molecule has 1 saturated heterocycles. The van der Waals surface area contributed by atoms with E-state index in [1.54, 1.807) is 0 Å². The molecule has 1 amide bonds. The van der Waals surface area contributed by atoms with Gasteiger partial charge in [0.15, 0.2) is 0 Å². The summed E-state index contributed by atoms with van der Waals surface area (Å²) in [6.07, 6.45) is 3.13. The normalized spacial score (nSPS) is 37.2. The zero-order valence-electron chi connectivity index (χ0n) is 11.1. The van der Waals surface area contributed by atoms with Crippen LogP contribution < -0.4 is 5.73 Å². The van der Waals surface area contributed by atoms with E-state index in [1.807, 2.05) is 25.7 Å². The van der Waals surface area contributed by atoms with Gasteiger partial charge in [-0.15, -0.1) is 0 Å². The molecule has 0 unspecified atom stereocenters. The van der Waals surface area contributed by atoms with Gasteiger partial charge in [-0.3, -0.25) is 4.79 Å². The Labute approximate surface area is 103 Å². The summed E-state index contributed by atoms with van der Waals surface area (Å²) in [6, 6.07) is 0.0590. The third-order valence-electron chi connectivity index (χ3n) is 3.77. The van der Waals surface area contributed by atoms with Crippen LogP contribution in [-0.4, -0.2) is 41.6 Å². The van der Waals surface area contributed by atoms with Crippen molar-refractivity contribution >= 4 is 5.91 Å². The van der Waals surface area contributed by atoms with Crippen molar-refractivity contribution in [3.63, 3.8) is 0 Å². The third-order valence-corrected chi connectivity index (χ3v) is 3.77. The van der Waals surface area contributed by atoms with E-state index in [4.69, 9.17) is 10.5 Å². The monoisotopic (exact) mass is 240 g/mol. The van der Waals surface area contributed by atoms with Crippen molar-refractivity contribution < 1.29 is 9.53 Å². The van der Waals surface area contributed by atoms with Gasteiger partial charge in [-0.05, 0) is 33.6 Å². The van der Waals surface area contributed by atoms with Gasteiger partial charge in [-0.25, -0.2) is 0 Å². The molecule has 0 spiro atoms. The number of nitrogens with two attached hydrogens (primary N) is 1. The molecule has 2 fully saturated rings. The Balaban J connectivity index is 2.03. The molecule has 0 aromatic rings. The van der Waals surface area contributed by atoms with Crippen molar-refractivity contribution in [3.05, 3.63) is 0 Å². The molecular weight excluding hydrogens is 216 g/mol. The number of morpholine rings is 1. The summed E-state index contributed by atoms with van der Waals surface area (Å²) in [6.45, 7) is 7.48. The molecule has 1 saturated carbocycles. The topological polar surface area (TPSA) is 55.6 Å². The van der Waals surface area contributed by atoms with Crippen LogP contribution in [0.2, 0.25) is 0 Å². The first-order valence-corrected chi connectivity index (χ1v) is 6.61. The van der Waals surface area contributed by atoms with E-state index in [1.165, 1.54) is 0 Å². The minimum atomic E-state index is -0.240. The van der Waals surface area contributed by atoms with E-state index < -0.39 is 0 Å². The van der Waals surface area contributed by atoms with Gasteiger partial charge in [-0.1, -0.05) is 6.42 Å². The predicted molar refractivity (Wildman–Crippen MR) is 66.5 cm³/mol. The van der Waals surface area contributed by atoms with Crippen LogP contribution in [0.4, 0.5) is 0 Å². The van der Waals surface area contributed by atoms with Gasteiger partial charge in [0.25, 0.3) is 0 Å². The van der Waals surface area contributed by atoms with E-state index in [-0.39, 0.29) is 29.6 Å². The summed E-state index contributed by atoms with van der Waals surface area (Å²) in [7, 11) is 0. The van der Waals surface area contributed by atoms with Crippen LogP contribution >= 0.6 is 0 Å². The molecule has 2 rings (SSSR count). The zero-order valence-corrected chi connectivity index (χ0v) is 11.1. The third kappa shape index (κ3) is 2.80. The van der Waals surface area contributed by atoms with Crippen molar-refractivity contribution in [2.75, 3.05) is 13.1 Å². The summed E-state index contributed by atoms with van der Waals surface area (Å²) in [5, 5.41) is 0. The van der Waals surface area contributed by atoms with Gasteiger partial charge in [0.05, 0.1) is 17.6 Å². The Hall–Kier alpha value is -0.610. The van der Waals surface area contributed by atoms with Crippen LogP contribution in [0.5, 0.6) is 0 Å². The maximum atomic E-state index is 12.4. The van der Waals surface area contributed by atoms with Crippen molar-refractivity contribution in [2.45, 2.75) is 57.8 Å². The second-order valence-electron chi connectivity index (χ2n) is 6.11. The molecule has 3 atom stereocenters. The fourth-order valence-corrected chi connectivity index (χ4v) is 3.15. The van der Waals surface area contributed by atoms with E-state index >= 15 is 0 Å². The molecule has 1 aliphatic carbocycles. The summed E-state index contributed by atoms with van der Waals surface area (Å²) < 4.78 is 5.82. The standard InChI is InChI=1S/C13H24N2O2/c1-9-7-15(8-13(2,3)17-9)12(16)10-5-4-6-11(10)14/h9-11H,4-8,14H2,1-3H3/t9-,10-,11+/m1/s1. The van der Waals surface area contributed by atoms with Crippen LogP contribution in [0.1, 0.15) is 40.0 Å². The lowest BCUT2D eigenvalue weighted by molar-refractivity contribution is -0.161.